The number of aromatic hydroxyl groups is 1. The average molecular weight is 429 g/mol. The predicted molar refractivity (Wildman–Crippen MR) is 117 cm³/mol. The number of rotatable bonds is 6. The zero-order valence-corrected chi connectivity index (χ0v) is 17.6. The maximum atomic E-state index is 9.97. The Labute approximate surface area is 184 Å². The van der Waals surface area contributed by atoms with E-state index in [1.165, 1.54) is 0 Å². The van der Waals surface area contributed by atoms with Gasteiger partial charge in [0.1, 0.15) is 29.1 Å². The highest BCUT2D eigenvalue weighted by atomic mass is 16.5. The lowest BCUT2D eigenvalue weighted by molar-refractivity contribution is 0.410. The van der Waals surface area contributed by atoms with Crippen molar-refractivity contribution >= 4 is 0 Å². The Kier molecular flexibility index (Phi) is 5.10. The van der Waals surface area contributed by atoms with Gasteiger partial charge in [-0.25, -0.2) is 9.97 Å². The summed E-state index contributed by atoms with van der Waals surface area (Å²) < 4.78 is 15.2. The van der Waals surface area contributed by atoms with Crippen molar-refractivity contribution in [2.24, 2.45) is 0 Å². The van der Waals surface area contributed by atoms with Gasteiger partial charge >= 0.3 is 0 Å². The van der Waals surface area contributed by atoms with Crippen molar-refractivity contribution in [1.29, 1.82) is 5.41 Å². The van der Waals surface area contributed by atoms with E-state index in [0.717, 1.165) is 29.8 Å². The van der Waals surface area contributed by atoms with E-state index >= 15 is 0 Å². The third kappa shape index (κ3) is 3.60. The maximum Gasteiger partial charge on any atom is 0.228 e. The first-order valence-corrected chi connectivity index (χ1v) is 10.4. The second-order valence-electron chi connectivity index (χ2n) is 7.69. The summed E-state index contributed by atoms with van der Waals surface area (Å²) >= 11 is 0. The maximum absolute atomic E-state index is 9.97. The Bertz CT molecular complexity index is 1300. The van der Waals surface area contributed by atoms with Crippen molar-refractivity contribution in [3.63, 3.8) is 0 Å². The molecule has 8 heteroatoms. The highest BCUT2D eigenvalue weighted by Gasteiger charge is 2.32. The zero-order valence-electron chi connectivity index (χ0n) is 17.6. The molecule has 2 aromatic heterocycles. The number of ether oxygens (including phenoxy) is 2. The van der Waals surface area contributed by atoms with E-state index in [4.69, 9.17) is 14.9 Å². The van der Waals surface area contributed by atoms with Gasteiger partial charge in [-0.3, -0.25) is 5.41 Å². The molecule has 3 heterocycles. The van der Waals surface area contributed by atoms with Crippen molar-refractivity contribution in [2.75, 3.05) is 7.11 Å². The molecule has 2 aromatic carbocycles. The fourth-order valence-corrected chi connectivity index (χ4v) is 4.11. The van der Waals surface area contributed by atoms with E-state index in [2.05, 4.69) is 9.97 Å². The van der Waals surface area contributed by atoms with Crippen molar-refractivity contribution in [3.05, 3.63) is 89.7 Å². The van der Waals surface area contributed by atoms with Crippen LogP contribution in [-0.4, -0.2) is 31.3 Å². The number of nitrogens with zero attached hydrogens (tertiary/aromatic N) is 4. The Morgan fingerprint density at radius 2 is 1.97 bits per heavy atom. The summed E-state index contributed by atoms with van der Waals surface area (Å²) in [6, 6.07) is 12.9. The van der Waals surface area contributed by atoms with Crippen LogP contribution in [0.15, 0.2) is 67.5 Å². The highest BCUT2D eigenvalue weighted by Crippen LogP contribution is 2.46. The molecule has 0 fully saturated rings. The van der Waals surface area contributed by atoms with Crippen molar-refractivity contribution in [1.82, 2.24) is 19.1 Å². The van der Waals surface area contributed by atoms with Crippen molar-refractivity contribution in [2.45, 2.75) is 25.4 Å². The quantitative estimate of drug-likeness (QED) is 0.429. The first kappa shape index (κ1) is 19.9. The Morgan fingerprint density at radius 1 is 1.12 bits per heavy atom. The molecule has 0 saturated heterocycles. The number of phenolic OH excluding ortho intramolecular Hbond substituents is 1. The van der Waals surface area contributed by atoms with Crippen LogP contribution in [-0.2, 0) is 13.1 Å². The molecule has 0 saturated carbocycles. The van der Waals surface area contributed by atoms with E-state index < -0.39 is 0 Å². The molecule has 4 aromatic rings. The fraction of sp³-hybridized carbons (Fsp3) is 0.208. The summed E-state index contributed by atoms with van der Waals surface area (Å²) in [4.78, 5) is 8.60. The SMILES string of the molecule is COc1ccc([C@@H]2c3ccc(O)cc3Oc3ncn(CCCn4ccnc4)c(=N)c32)cc1. The molecule has 2 N–H and O–H groups in total. The molecule has 0 unspecified atom stereocenters. The molecule has 0 radical (unpaired) electrons. The monoisotopic (exact) mass is 429 g/mol. The fourth-order valence-electron chi connectivity index (χ4n) is 4.11. The number of methoxy groups -OCH3 is 1. The molecule has 0 aliphatic carbocycles. The number of hydrogen-bond acceptors (Lipinski definition) is 6. The minimum Gasteiger partial charge on any atom is -0.508 e. The molecule has 5 rings (SSSR count). The van der Waals surface area contributed by atoms with Crippen LogP contribution in [0.5, 0.6) is 23.1 Å². The molecule has 1 aliphatic heterocycles. The predicted octanol–water partition coefficient (Wildman–Crippen LogP) is 3.65. The summed E-state index contributed by atoms with van der Waals surface area (Å²) in [5, 5.41) is 18.9. The Morgan fingerprint density at radius 3 is 2.72 bits per heavy atom. The minimum absolute atomic E-state index is 0.122. The molecule has 0 spiro atoms. The molecule has 0 bridgehead atoms. The van der Waals surface area contributed by atoms with Crippen LogP contribution in [0.3, 0.4) is 0 Å². The summed E-state index contributed by atoms with van der Waals surface area (Å²) in [5.74, 6) is 1.57. The number of phenols is 1. The van der Waals surface area contributed by atoms with E-state index in [1.54, 1.807) is 38.1 Å². The van der Waals surface area contributed by atoms with Crippen LogP contribution in [0.25, 0.3) is 0 Å². The first-order chi connectivity index (χ1) is 15.6. The van der Waals surface area contributed by atoms with Gasteiger partial charge in [0.15, 0.2) is 0 Å². The summed E-state index contributed by atoms with van der Waals surface area (Å²) in [7, 11) is 1.63. The lowest BCUT2D eigenvalue weighted by Crippen LogP contribution is -2.30. The van der Waals surface area contributed by atoms with Gasteiger partial charge in [0.05, 0.1) is 19.0 Å². The highest BCUT2D eigenvalue weighted by molar-refractivity contribution is 5.57. The summed E-state index contributed by atoms with van der Waals surface area (Å²) in [5.41, 5.74) is 2.94. The van der Waals surface area contributed by atoms with Crippen LogP contribution < -0.4 is 15.0 Å². The number of benzene rings is 2. The number of fused-ring (bicyclic) bond motifs is 2. The molecule has 162 valence electrons. The third-order valence-electron chi connectivity index (χ3n) is 5.71. The number of aromatic nitrogens is 4. The number of aryl methyl sites for hydroxylation is 2. The van der Waals surface area contributed by atoms with Crippen molar-refractivity contribution < 1.29 is 14.6 Å². The average Bonchev–Trinajstić information content (AvgIpc) is 3.33. The van der Waals surface area contributed by atoms with Crippen molar-refractivity contribution in [3.8, 4) is 23.1 Å². The Balaban J connectivity index is 1.55. The lowest BCUT2D eigenvalue weighted by Gasteiger charge is -2.28. The molecular weight excluding hydrogens is 406 g/mol. The van der Waals surface area contributed by atoms with E-state index in [1.807, 2.05) is 45.7 Å². The number of imidazole rings is 1. The van der Waals surface area contributed by atoms with Gasteiger partial charge in [-0.15, -0.1) is 0 Å². The van der Waals surface area contributed by atoms with Crippen LogP contribution in [0.1, 0.15) is 29.0 Å². The molecular formula is C24H23N5O3. The van der Waals surface area contributed by atoms with Gasteiger partial charge in [0.2, 0.25) is 5.88 Å². The van der Waals surface area contributed by atoms with E-state index in [9.17, 15) is 5.11 Å². The first-order valence-electron chi connectivity index (χ1n) is 10.4. The van der Waals surface area contributed by atoms with Gasteiger partial charge < -0.3 is 23.7 Å². The normalized spacial score (nSPS) is 14.3. The minimum atomic E-state index is -0.249. The van der Waals surface area contributed by atoms with Crippen LogP contribution in [0.2, 0.25) is 0 Å². The van der Waals surface area contributed by atoms with Crippen LogP contribution in [0, 0.1) is 5.41 Å². The van der Waals surface area contributed by atoms with Gasteiger partial charge in [0.25, 0.3) is 0 Å². The zero-order chi connectivity index (χ0) is 22.1. The number of hydrogen-bond donors (Lipinski definition) is 2. The summed E-state index contributed by atoms with van der Waals surface area (Å²) in [6.07, 6.45) is 7.96. The van der Waals surface area contributed by atoms with Crippen LogP contribution >= 0.6 is 0 Å². The smallest absolute Gasteiger partial charge is 0.228 e. The second-order valence-corrected chi connectivity index (χ2v) is 7.69. The van der Waals surface area contributed by atoms with Gasteiger partial charge in [-0.05, 0) is 30.2 Å². The Hall–Kier alpha value is -4.07. The molecule has 8 nitrogen and oxygen atoms in total. The van der Waals surface area contributed by atoms with E-state index in [0.29, 0.717) is 29.2 Å². The molecule has 1 atom stereocenters. The van der Waals surface area contributed by atoms with E-state index in [-0.39, 0.29) is 11.7 Å². The van der Waals surface area contributed by atoms with Gasteiger partial charge in [-0.1, -0.05) is 18.2 Å². The standard InChI is InChI=1S/C24H23N5O3/c1-31-18-6-3-16(4-7-18)21-19-8-5-17(30)13-20(19)32-24-22(21)23(25)29(15-27-24)11-2-10-28-12-9-26-14-28/h3-9,12-15,21,25,30H,2,10-11H2,1H3/t21-/m1/s1. The van der Waals surface area contributed by atoms with Crippen LogP contribution in [0.4, 0.5) is 0 Å². The van der Waals surface area contributed by atoms with Gasteiger partial charge in [-0.2, -0.15) is 0 Å². The largest absolute Gasteiger partial charge is 0.508 e. The number of nitrogens with one attached hydrogen (secondary N) is 1. The molecule has 1 aliphatic rings. The van der Waals surface area contributed by atoms with Gasteiger partial charge in [0, 0.05) is 43.0 Å². The lowest BCUT2D eigenvalue weighted by atomic mass is 9.84. The second kappa shape index (κ2) is 8.22. The summed E-state index contributed by atoms with van der Waals surface area (Å²) in [6.45, 7) is 1.46. The topological polar surface area (TPSA) is 98.2 Å². The molecule has 0 amide bonds. The third-order valence-corrected chi connectivity index (χ3v) is 5.71. The molecule has 32 heavy (non-hydrogen) atoms.